The minimum absolute atomic E-state index is 0.128. The largest absolute Gasteiger partial charge is 0.471 e. The van der Waals surface area contributed by atoms with Crippen molar-refractivity contribution in [1.82, 2.24) is 0 Å². The van der Waals surface area contributed by atoms with Crippen LogP contribution in [0.2, 0.25) is 0 Å². The normalized spacial score (nSPS) is 36.2. The molecule has 13 heavy (non-hydrogen) atoms. The van der Waals surface area contributed by atoms with Crippen LogP contribution in [0.3, 0.4) is 0 Å². The van der Waals surface area contributed by atoms with Gasteiger partial charge in [0, 0.05) is 6.42 Å². The first-order valence-corrected chi connectivity index (χ1v) is 5.17. The van der Waals surface area contributed by atoms with E-state index in [0.717, 1.165) is 0 Å². The van der Waals surface area contributed by atoms with Gasteiger partial charge in [0.25, 0.3) is 0 Å². The number of hydrogen-bond donors (Lipinski definition) is 4. The van der Waals surface area contributed by atoms with Crippen molar-refractivity contribution in [3.8, 4) is 0 Å². The predicted octanol–water partition coefficient (Wildman–Crippen LogP) is -1.09. The Morgan fingerprint density at radius 1 is 1.31 bits per heavy atom. The number of ether oxygens (including phenoxy) is 1. The summed E-state index contributed by atoms with van der Waals surface area (Å²) in [5.41, 5.74) is 0. The molecule has 7 nitrogen and oxygen atoms in total. The predicted molar refractivity (Wildman–Crippen MR) is 39.2 cm³/mol. The second-order valence-electron chi connectivity index (χ2n) is 2.70. The van der Waals surface area contributed by atoms with Gasteiger partial charge in [-0.1, -0.05) is 0 Å². The molecule has 8 heteroatoms. The fraction of sp³-hybridized carbons (Fsp3) is 1.00. The number of phosphoric acid groups is 1. The molecule has 0 radical (unpaired) electrons. The van der Waals surface area contributed by atoms with Crippen molar-refractivity contribution in [1.29, 1.82) is 0 Å². The van der Waals surface area contributed by atoms with Gasteiger partial charge in [0.05, 0.1) is 0 Å². The van der Waals surface area contributed by atoms with Gasteiger partial charge in [-0.2, -0.15) is 0 Å². The third-order valence-corrected chi connectivity index (χ3v) is 2.08. The Labute approximate surface area is 74.1 Å². The van der Waals surface area contributed by atoms with Crippen LogP contribution in [0.1, 0.15) is 12.8 Å². The summed E-state index contributed by atoms with van der Waals surface area (Å²) in [6.45, 7) is 0. The first-order chi connectivity index (χ1) is 5.88. The summed E-state index contributed by atoms with van der Waals surface area (Å²) >= 11 is 0. The Kier molecular flexibility index (Phi) is 3.42. The van der Waals surface area contributed by atoms with Gasteiger partial charge in [0.1, 0.15) is 6.10 Å². The second-order valence-corrected chi connectivity index (χ2v) is 3.89. The zero-order chi connectivity index (χ0) is 10.1. The van der Waals surface area contributed by atoms with Crippen LogP contribution >= 0.6 is 7.82 Å². The van der Waals surface area contributed by atoms with Crippen LogP contribution in [0.5, 0.6) is 0 Å². The van der Waals surface area contributed by atoms with E-state index in [1.54, 1.807) is 0 Å². The maximum atomic E-state index is 10.3. The molecule has 0 aromatic carbocycles. The highest BCUT2D eigenvalue weighted by molar-refractivity contribution is 7.46. The highest BCUT2D eigenvalue weighted by atomic mass is 31.2. The minimum Gasteiger partial charge on any atom is -0.388 e. The van der Waals surface area contributed by atoms with Gasteiger partial charge in [-0.05, 0) is 6.42 Å². The summed E-state index contributed by atoms with van der Waals surface area (Å²) in [7, 11) is -4.60. The summed E-state index contributed by atoms with van der Waals surface area (Å²) in [4.78, 5) is 16.8. The molecule has 1 rings (SSSR count). The van der Waals surface area contributed by atoms with E-state index in [4.69, 9.17) is 20.0 Å². The summed E-state index contributed by atoms with van der Waals surface area (Å²) in [6.07, 6.45) is -3.35. The zero-order valence-electron chi connectivity index (χ0n) is 6.61. The molecular weight excluding hydrogens is 203 g/mol. The smallest absolute Gasteiger partial charge is 0.388 e. The maximum Gasteiger partial charge on any atom is 0.471 e. The van der Waals surface area contributed by atoms with Crippen molar-refractivity contribution >= 4 is 7.82 Å². The molecule has 4 N–H and O–H groups in total. The van der Waals surface area contributed by atoms with Crippen molar-refractivity contribution < 1.29 is 33.8 Å². The van der Waals surface area contributed by atoms with Crippen molar-refractivity contribution in [3.05, 3.63) is 0 Å². The molecule has 1 unspecified atom stereocenters. The van der Waals surface area contributed by atoms with Crippen LogP contribution in [0.15, 0.2) is 0 Å². The Balaban J connectivity index is 2.42. The fourth-order valence-electron chi connectivity index (χ4n) is 0.994. The molecule has 0 aliphatic carbocycles. The molecule has 0 spiro atoms. The third kappa shape index (κ3) is 3.70. The first kappa shape index (κ1) is 11.1. The molecule has 1 aliphatic rings. The molecule has 3 atom stereocenters. The van der Waals surface area contributed by atoms with Gasteiger partial charge < -0.3 is 24.7 Å². The number of hydrogen-bond acceptors (Lipinski definition) is 5. The van der Waals surface area contributed by atoms with E-state index in [1.807, 2.05) is 0 Å². The molecule has 78 valence electrons. The molecule has 0 saturated carbocycles. The van der Waals surface area contributed by atoms with Crippen LogP contribution in [-0.4, -0.2) is 38.7 Å². The van der Waals surface area contributed by atoms with E-state index in [-0.39, 0.29) is 12.8 Å². The van der Waals surface area contributed by atoms with Crippen molar-refractivity contribution in [2.45, 2.75) is 31.5 Å². The van der Waals surface area contributed by atoms with Crippen LogP contribution < -0.4 is 0 Å². The topological polar surface area (TPSA) is 116 Å². The van der Waals surface area contributed by atoms with E-state index in [0.29, 0.717) is 0 Å². The van der Waals surface area contributed by atoms with Crippen LogP contribution in [0, 0.1) is 0 Å². The molecule has 0 aromatic rings. The van der Waals surface area contributed by atoms with Crippen molar-refractivity contribution in [2.75, 3.05) is 0 Å². The number of phosphoric ester groups is 1. The highest BCUT2D eigenvalue weighted by Gasteiger charge is 2.32. The van der Waals surface area contributed by atoms with Gasteiger partial charge in [-0.25, -0.2) is 4.57 Å². The summed E-state index contributed by atoms with van der Waals surface area (Å²) in [5.74, 6) is 0. The molecule has 0 aromatic heterocycles. The Morgan fingerprint density at radius 3 is 2.38 bits per heavy atom. The van der Waals surface area contributed by atoms with Gasteiger partial charge in [-0.3, -0.25) is 4.52 Å². The number of aliphatic hydroxyl groups excluding tert-OH is 2. The lowest BCUT2D eigenvalue weighted by Gasteiger charge is -2.30. The maximum absolute atomic E-state index is 10.3. The van der Waals surface area contributed by atoms with E-state index in [9.17, 15) is 4.57 Å². The lowest BCUT2D eigenvalue weighted by molar-refractivity contribution is -0.262. The Morgan fingerprint density at radius 2 is 1.92 bits per heavy atom. The van der Waals surface area contributed by atoms with Crippen molar-refractivity contribution in [2.24, 2.45) is 0 Å². The lowest BCUT2D eigenvalue weighted by Crippen LogP contribution is -2.39. The minimum atomic E-state index is -4.60. The SMILES string of the molecule is O=P(O)(O)OC1CC[C@@H](O)[C@@H](O)O1. The summed E-state index contributed by atoms with van der Waals surface area (Å²) in [6, 6.07) is 0. The van der Waals surface area contributed by atoms with Gasteiger partial charge in [0.2, 0.25) is 0 Å². The summed E-state index contributed by atoms with van der Waals surface area (Å²) in [5, 5.41) is 17.9. The fourth-order valence-corrected chi connectivity index (χ4v) is 1.46. The molecule has 0 bridgehead atoms. The van der Waals surface area contributed by atoms with Gasteiger partial charge in [0.15, 0.2) is 12.6 Å². The number of aliphatic hydroxyl groups is 2. The highest BCUT2D eigenvalue weighted by Crippen LogP contribution is 2.40. The second kappa shape index (κ2) is 4.02. The third-order valence-electron chi connectivity index (χ3n) is 1.57. The lowest BCUT2D eigenvalue weighted by atomic mass is 10.1. The Bertz CT molecular complexity index is 213. The van der Waals surface area contributed by atoms with Crippen LogP contribution in [0.25, 0.3) is 0 Å². The molecule has 0 amide bonds. The van der Waals surface area contributed by atoms with E-state index in [1.165, 1.54) is 0 Å². The molecular formula is C5H11O7P. The average Bonchev–Trinajstić information content (AvgIpc) is 1.94. The van der Waals surface area contributed by atoms with E-state index < -0.39 is 26.5 Å². The monoisotopic (exact) mass is 214 g/mol. The zero-order valence-corrected chi connectivity index (χ0v) is 7.50. The number of rotatable bonds is 2. The van der Waals surface area contributed by atoms with Crippen LogP contribution in [-0.2, 0) is 13.8 Å². The molecule has 1 heterocycles. The summed E-state index contributed by atoms with van der Waals surface area (Å²) < 4.78 is 19.1. The molecule has 1 aliphatic heterocycles. The average molecular weight is 214 g/mol. The van der Waals surface area contributed by atoms with Gasteiger partial charge >= 0.3 is 7.82 Å². The molecule has 1 fully saturated rings. The molecule has 1 saturated heterocycles. The quantitative estimate of drug-likeness (QED) is 0.431. The van der Waals surface area contributed by atoms with E-state index in [2.05, 4.69) is 9.26 Å². The standard InChI is InChI=1S/C5H11O7P/c6-3-1-2-4(11-5(3)7)12-13(8,9)10/h3-7H,1-2H2,(H2,8,9,10)/t3-,4?,5+/m1/s1. The first-order valence-electron chi connectivity index (χ1n) is 3.64. The van der Waals surface area contributed by atoms with E-state index >= 15 is 0 Å². The van der Waals surface area contributed by atoms with Crippen molar-refractivity contribution in [3.63, 3.8) is 0 Å². The van der Waals surface area contributed by atoms with Gasteiger partial charge in [-0.15, -0.1) is 0 Å². The Hall–Kier alpha value is -0.0100. The van der Waals surface area contributed by atoms with Crippen LogP contribution in [0.4, 0.5) is 0 Å².